The molecular weight excluding hydrogens is 722 g/mol. The fourth-order valence-corrected chi connectivity index (χ4v) is 10.8. The number of rotatable bonds is 9. The predicted molar refractivity (Wildman–Crippen MR) is 179 cm³/mol. The van der Waals surface area contributed by atoms with Crippen LogP contribution in [0.3, 0.4) is 0 Å². The van der Waals surface area contributed by atoms with Crippen LogP contribution >= 0.6 is 15.6 Å². The van der Waals surface area contributed by atoms with Crippen LogP contribution in [0.4, 0.5) is 0 Å². The molecule has 4 atom stereocenters. The molecule has 1 aliphatic carbocycles. The van der Waals surface area contributed by atoms with Gasteiger partial charge in [0.15, 0.2) is 0 Å². The van der Waals surface area contributed by atoms with E-state index in [0.717, 1.165) is 12.8 Å². The molecule has 16 nitrogen and oxygen atoms in total. The van der Waals surface area contributed by atoms with Gasteiger partial charge in [0.2, 0.25) is 20.0 Å². The topological polar surface area (TPSA) is 233 Å². The maximum Gasteiger partial charge on any atom is 0.545 e. The van der Waals surface area contributed by atoms with E-state index in [1.807, 2.05) is 27.7 Å². The van der Waals surface area contributed by atoms with Crippen molar-refractivity contribution in [2.24, 2.45) is 34.0 Å². The summed E-state index contributed by atoms with van der Waals surface area (Å²) in [6.45, 7) is 9.10. The molecule has 2 fully saturated rings. The van der Waals surface area contributed by atoms with Crippen molar-refractivity contribution in [3.8, 4) is 0 Å². The van der Waals surface area contributed by atoms with Crippen LogP contribution in [0.1, 0.15) is 68.4 Å². The van der Waals surface area contributed by atoms with Gasteiger partial charge in [0.1, 0.15) is 11.4 Å². The van der Waals surface area contributed by atoms with Crippen molar-refractivity contribution < 1.29 is 54.8 Å². The summed E-state index contributed by atoms with van der Waals surface area (Å²) < 4.78 is 90.0. The highest BCUT2D eigenvalue weighted by atomic mass is 32.2. The Balaban J connectivity index is 1.65. The van der Waals surface area contributed by atoms with E-state index in [9.17, 15) is 45.5 Å². The number of sulfonamides is 2. The molecule has 0 saturated carbocycles. The van der Waals surface area contributed by atoms with Gasteiger partial charge in [-0.3, -0.25) is 28.8 Å². The summed E-state index contributed by atoms with van der Waals surface area (Å²) in [6.07, 6.45) is 1.74. The van der Waals surface area contributed by atoms with E-state index < -0.39 is 41.4 Å². The number of hydrogen-bond acceptors (Lipinski definition) is 10. The van der Waals surface area contributed by atoms with Gasteiger partial charge in [-0.05, 0) is 60.3 Å². The zero-order valence-corrected chi connectivity index (χ0v) is 30.7. The molecule has 0 radical (unpaired) electrons. The van der Waals surface area contributed by atoms with Crippen molar-refractivity contribution in [2.45, 2.75) is 51.2 Å². The third kappa shape index (κ3) is 8.87. The summed E-state index contributed by atoms with van der Waals surface area (Å²) in [5, 5.41) is 7.42. The van der Waals surface area contributed by atoms with Crippen LogP contribution in [0.25, 0.3) is 0 Å². The molecule has 5 rings (SSSR count). The zero-order valence-electron chi connectivity index (χ0n) is 27.3. The summed E-state index contributed by atoms with van der Waals surface area (Å²) in [4.78, 5) is 37.8. The van der Waals surface area contributed by atoms with E-state index in [1.54, 1.807) is 0 Å². The molecule has 20 heteroatoms. The summed E-state index contributed by atoms with van der Waals surface area (Å²) in [7, 11) is -18.3. The standard InChI is InChI=1S/C29H40N4O12P2S2/c1-18-9-19(2)14-32(13-18)48(40,41)17-22-5-7-24-26(11-22)28(30-44-46(34,35)36)25-8-6-23(12-27(25)29(24)31-45-47(37,38)39)49(42,43)33-15-20(3)10-21(4)16-33/h5-8,11-12,18-21H,9-10,13-17H2,1-4H3,(H2,34,35,36)(H2,37,38,39)/b30-28+,31-29+. The van der Waals surface area contributed by atoms with Gasteiger partial charge in [-0.25, -0.2) is 30.3 Å². The lowest BCUT2D eigenvalue weighted by molar-refractivity contribution is 0.203. The van der Waals surface area contributed by atoms with Crippen molar-refractivity contribution in [3.05, 3.63) is 64.2 Å². The molecule has 3 aliphatic rings. The molecule has 2 aromatic rings. The molecular formula is C29H40N4O12P2S2. The summed E-state index contributed by atoms with van der Waals surface area (Å²) in [6, 6.07) is 8.01. The lowest BCUT2D eigenvalue weighted by Gasteiger charge is -2.34. The Morgan fingerprint density at radius 2 is 1.10 bits per heavy atom. The van der Waals surface area contributed by atoms with Crippen LogP contribution in [0.15, 0.2) is 51.6 Å². The molecule has 2 aromatic carbocycles. The quantitative estimate of drug-likeness (QED) is 0.182. The third-order valence-corrected chi connectivity index (χ3v) is 12.8. The van der Waals surface area contributed by atoms with Gasteiger partial charge < -0.3 is 0 Å². The van der Waals surface area contributed by atoms with E-state index in [0.29, 0.717) is 13.1 Å². The van der Waals surface area contributed by atoms with Crippen LogP contribution in [0, 0.1) is 23.7 Å². The highest BCUT2D eigenvalue weighted by molar-refractivity contribution is 7.89. The number of nitrogens with zero attached hydrogens (tertiary/aromatic N) is 4. The number of hydrogen-bond donors (Lipinski definition) is 4. The number of phosphoric acid groups is 2. The van der Waals surface area contributed by atoms with E-state index in [4.69, 9.17) is 0 Å². The van der Waals surface area contributed by atoms with Crippen molar-refractivity contribution >= 4 is 47.1 Å². The van der Waals surface area contributed by atoms with E-state index in [-0.39, 0.29) is 80.9 Å². The average molecular weight is 763 g/mol. The molecule has 2 saturated heterocycles. The van der Waals surface area contributed by atoms with Gasteiger partial charge in [0, 0.05) is 48.4 Å². The maximum atomic E-state index is 13.8. The maximum absolute atomic E-state index is 13.8. The highest BCUT2D eigenvalue weighted by Gasteiger charge is 2.36. The number of oxime groups is 2. The first-order valence-electron chi connectivity index (χ1n) is 15.5. The first-order chi connectivity index (χ1) is 22.6. The molecule has 49 heavy (non-hydrogen) atoms. The number of fused-ring (bicyclic) bond motifs is 2. The largest absolute Gasteiger partial charge is 0.545 e. The van der Waals surface area contributed by atoms with Crippen LogP contribution < -0.4 is 0 Å². The first-order valence-corrected chi connectivity index (χ1v) is 21.6. The lowest BCUT2D eigenvalue weighted by Crippen LogP contribution is -2.43. The minimum atomic E-state index is -5.21. The minimum Gasteiger partial charge on any atom is -0.292 e. The van der Waals surface area contributed by atoms with Crippen LogP contribution in [-0.4, -0.2) is 82.6 Å². The summed E-state index contributed by atoms with van der Waals surface area (Å²) >= 11 is 0. The Morgan fingerprint density at radius 3 is 1.57 bits per heavy atom. The summed E-state index contributed by atoms with van der Waals surface area (Å²) in [5.41, 5.74) is -0.140. The Kier molecular flexibility index (Phi) is 10.7. The van der Waals surface area contributed by atoms with E-state index in [1.165, 1.54) is 45.0 Å². The average Bonchev–Trinajstić information content (AvgIpc) is 2.96. The van der Waals surface area contributed by atoms with Crippen molar-refractivity contribution in [1.29, 1.82) is 0 Å². The fourth-order valence-electron chi connectivity index (χ4n) is 6.93. The normalized spacial score (nSPS) is 26.0. The molecule has 0 spiro atoms. The fraction of sp³-hybridized carbons (Fsp3) is 0.517. The SMILES string of the molecule is CC1CC(C)CN(S(=O)(=O)Cc2ccc3c(c2)/C(=N/OP(=O)(O)O)c2ccc(S(=O)(=O)N4CC(C)CC(C)C4)cc2/C3=N/OP(=O)(O)O)C1. The second kappa shape index (κ2) is 13.9. The zero-order chi connectivity index (χ0) is 36.1. The van der Waals surface area contributed by atoms with Crippen molar-refractivity contribution in [2.75, 3.05) is 26.2 Å². The highest BCUT2D eigenvalue weighted by Crippen LogP contribution is 2.41. The van der Waals surface area contributed by atoms with Gasteiger partial charge >= 0.3 is 15.6 Å². The molecule has 0 aromatic heterocycles. The molecule has 0 amide bonds. The van der Waals surface area contributed by atoms with Crippen LogP contribution in [-0.2, 0) is 44.2 Å². The van der Waals surface area contributed by atoms with Gasteiger partial charge in [0.25, 0.3) is 0 Å². The van der Waals surface area contributed by atoms with Gasteiger partial charge in [-0.15, -0.1) is 0 Å². The predicted octanol–water partition coefficient (Wildman–Crippen LogP) is 3.20. The Labute approximate surface area is 285 Å². The van der Waals surface area contributed by atoms with E-state index in [2.05, 4.69) is 19.6 Å². The van der Waals surface area contributed by atoms with Gasteiger partial charge in [-0.2, -0.15) is 4.31 Å². The Hall–Kier alpha value is -2.50. The molecule has 4 unspecified atom stereocenters. The van der Waals surface area contributed by atoms with Gasteiger partial charge in [0.05, 0.1) is 10.6 Å². The lowest BCUT2D eigenvalue weighted by atomic mass is 9.82. The first kappa shape index (κ1) is 37.7. The molecule has 2 aliphatic heterocycles. The molecule has 0 bridgehead atoms. The number of piperidine rings is 2. The van der Waals surface area contributed by atoms with Gasteiger partial charge in [-0.1, -0.05) is 56.2 Å². The minimum absolute atomic E-state index is 0.0204. The van der Waals surface area contributed by atoms with Crippen LogP contribution in [0.2, 0.25) is 0 Å². The smallest absolute Gasteiger partial charge is 0.292 e. The molecule has 4 N–H and O–H groups in total. The van der Waals surface area contributed by atoms with Crippen LogP contribution in [0.5, 0.6) is 0 Å². The number of benzene rings is 2. The monoisotopic (exact) mass is 762 g/mol. The van der Waals surface area contributed by atoms with E-state index >= 15 is 0 Å². The Bertz CT molecular complexity index is 1970. The molecule has 270 valence electrons. The second-order valence-electron chi connectivity index (χ2n) is 13.4. The van der Waals surface area contributed by atoms with Crippen molar-refractivity contribution in [3.63, 3.8) is 0 Å². The summed E-state index contributed by atoms with van der Waals surface area (Å²) in [5.74, 6) is 0.0740. The molecule has 2 heterocycles. The third-order valence-electron chi connectivity index (χ3n) is 8.62. The second-order valence-corrected chi connectivity index (χ2v) is 19.6. The Morgan fingerprint density at radius 1 is 0.673 bits per heavy atom. The van der Waals surface area contributed by atoms with Crippen molar-refractivity contribution in [1.82, 2.24) is 8.61 Å².